The first-order chi connectivity index (χ1) is 13.2. The second-order valence-corrected chi connectivity index (χ2v) is 9.09. The Bertz CT molecular complexity index is 998. The molecule has 0 radical (unpaired) electrons. The summed E-state index contributed by atoms with van der Waals surface area (Å²) in [5.41, 5.74) is 1.90. The molecule has 0 unspecified atom stereocenters. The highest BCUT2D eigenvalue weighted by Gasteiger charge is 2.33. The van der Waals surface area contributed by atoms with Gasteiger partial charge in [-0.3, -0.25) is 14.3 Å². The molecule has 3 rings (SSSR count). The van der Waals surface area contributed by atoms with Crippen molar-refractivity contribution in [3.8, 4) is 0 Å². The molecule has 0 bridgehead atoms. The number of benzene rings is 1. The third-order valence-electron chi connectivity index (χ3n) is 4.11. The molecule has 1 aliphatic heterocycles. The van der Waals surface area contributed by atoms with Crippen molar-refractivity contribution in [2.45, 2.75) is 25.3 Å². The Hall–Kier alpha value is -2.72. The fourth-order valence-electron chi connectivity index (χ4n) is 2.89. The number of carboxylic acids is 1. The number of hydrogen-bond donors (Lipinski definition) is 2. The van der Waals surface area contributed by atoms with Gasteiger partial charge in [0.15, 0.2) is 0 Å². The van der Waals surface area contributed by atoms with Crippen LogP contribution in [0, 0.1) is 0 Å². The Kier molecular flexibility index (Phi) is 5.80. The number of carbonyl (C=O) groups excluding carboxylic acids is 1. The van der Waals surface area contributed by atoms with E-state index in [0.29, 0.717) is 17.8 Å². The van der Waals surface area contributed by atoms with Gasteiger partial charge < -0.3 is 5.11 Å². The zero-order valence-corrected chi connectivity index (χ0v) is 16.7. The van der Waals surface area contributed by atoms with Crippen LogP contribution >= 0.6 is 11.3 Å². The predicted molar refractivity (Wildman–Crippen MR) is 107 cm³/mol. The van der Waals surface area contributed by atoms with Crippen LogP contribution in [0.25, 0.3) is 0 Å². The first kappa shape index (κ1) is 20.0. The summed E-state index contributed by atoms with van der Waals surface area (Å²) in [5.74, 6) is -1.37. The summed E-state index contributed by atoms with van der Waals surface area (Å²) in [4.78, 5) is 24.3. The van der Waals surface area contributed by atoms with Crippen molar-refractivity contribution in [1.82, 2.24) is 5.01 Å². The number of amides is 1. The van der Waals surface area contributed by atoms with Crippen molar-refractivity contribution in [3.63, 3.8) is 0 Å². The second kappa shape index (κ2) is 8.11. The van der Waals surface area contributed by atoms with Crippen LogP contribution in [0.2, 0.25) is 0 Å². The van der Waals surface area contributed by atoms with Gasteiger partial charge in [-0.05, 0) is 29.1 Å². The smallest absolute Gasteiger partial charge is 0.303 e. The Morgan fingerprint density at radius 3 is 2.54 bits per heavy atom. The molecule has 0 fully saturated rings. The molecule has 0 aliphatic carbocycles. The van der Waals surface area contributed by atoms with Crippen molar-refractivity contribution < 1.29 is 23.1 Å². The van der Waals surface area contributed by atoms with E-state index in [1.54, 1.807) is 24.3 Å². The van der Waals surface area contributed by atoms with Gasteiger partial charge in [0, 0.05) is 23.4 Å². The molecular formula is C18H19N3O5S2. The van der Waals surface area contributed by atoms with Gasteiger partial charge in [0.2, 0.25) is 15.9 Å². The monoisotopic (exact) mass is 421 g/mol. The Labute approximate surface area is 166 Å². The second-order valence-electron chi connectivity index (χ2n) is 6.37. The van der Waals surface area contributed by atoms with E-state index in [2.05, 4.69) is 9.82 Å². The van der Waals surface area contributed by atoms with Gasteiger partial charge in [0.05, 0.1) is 24.4 Å². The van der Waals surface area contributed by atoms with Crippen molar-refractivity contribution in [2.24, 2.45) is 5.10 Å². The van der Waals surface area contributed by atoms with Gasteiger partial charge in [-0.15, -0.1) is 11.3 Å². The highest BCUT2D eigenvalue weighted by atomic mass is 32.2. The van der Waals surface area contributed by atoms with Crippen molar-refractivity contribution in [1.29, 1.82) is 0 Å². The highest BCUT2D eigenvalue weighted by molar-refractivity contribution is 7.92. The maximum atomic E-state index is 12.5. The number of aliphatic carboxylic acids is 1. The van der Waals surface area contributed by atoms with Crippen molar-refractivity contribution in [2.75, 3.05) is 11.0 Å². The quantitative estimate of drug-likeness (QED) is 0.713. The molecule has 0 saturated heterocycles. The Morgan fingerprint density at radius 2 is 1.96 bits per heavy atom. The maximum Gasteiger partial charge on any atom is 0.303 e. The van der Waals surface area contributed by atoms with Crippen molar-refractivity contribution in [3.05, 3.63) is 52.2 Å². The van der Waals surface area contributed by atoms with Crippen LogP contribution in [0.4, 0.5) is 5.69 Å². The van der Waals surface area contributed by atoms with Crippen LogP contribution in [0.5, 0.6) is 0 Å². The van der Waals surface area contributed by atoms with Gasteiger partial charge in [-0.2, -0.15) is 5.10 Å². The molecule has 2 N–H and O–H groups in total. The lowest BCUT2D eigenvalue weighted by Gasteiger charge is -2.20. The first-order valence-corrected chi connectivity index (χ1v) is 11.2. The molecule has 1 aromatic carbocycles. The minimum atomic E-state index is -3.36. The molecule has 10 heteroatoms. The summed E-state index contributed by atoms with van der Waals surface area (Å²) >= 11 is 1.51. The van der Waals surface area contributed by atoms with Crippen molar-refractivity contribution >= 4 is 44.6 Å². The number of carbonyl (C=O) groups is 2. The summed E-state index contributed by atoms with van der Waals surface area (Å²) in [6, 6.07) is 10.3. The van der Waals surface area contributed by atoms with Crippen LogP contribution in [-0.2, 0) is 19.6 Å². The van der Waals surface area contributed by atoms with Crippen LogP contribution in [0.15, 0.2) is 46.9 Å². The Morgan fingerprint density at radius 1 is 1.25 bits per heavy atom. The summed E-state index contributed by atoms with van der Waals surface area (Å²) in [6.07, 6.45) is 1.21. The SMILES string of the molecule is CS(=O)(=O)Nc1ccc(C2=NN(C(=O)CCC(=O)O)[C@H](c3cccs3)C2)cc1. The first-order valence-electron chi connectivity index (χ1n) is 8.46. The third-order valence-corrected chi connectivity index (χ3v) is 5.69. The van der Waals surface area contributed by atoms with E-state index in [1.807, 2.05) is 17.5 Å². The standard InChI is InChI=1S/C18H19N3O5S2/c1-28(25,26)20-13-6-4-12(5-7-13)14-11-15(16-3-2-10-27-16)21(19-14)17(22)8-9-18(23)24/h2-7,10,15,20H,8-9,11H2,1H3,(H,23,24)/t15-/m0/s1. The van der Waals surface area contributed by atoms with Gasteiger partial charge in [0.1, 0.15) is 0 Å². The maximum absolute atomic E-state index is 12.5. The molecule has 8 nitrogen and oxygen atoms in total. The van der Waals surface area contributed by atoms with E-state index in [4.69, 9.17) is 5.11 Å². The van der Waals surface area contributed by atoms with E-state index in [1.165, 1.54) is 16.3 Å². The lowest BCUT2D eigenvalue weighted by molar-refractivity contribution is -0.141. The molecule has 2 aromatic rings. The highest BCUT2D eigenvalue weighted by Crippen LogP contribution is 2.35. The zero-order chi connectivity index (χ0) is 20.3. The minimum absolute atomic E-state index is 0.120. The fourth-order valence-corrected chi connectivity index (χ4v) is 4.27. The minimum Gasteiger partial charge on any atom is -0.481 e. The van der Waals surface area contributed by atoms with Gasteiger partial charge in [-0.1, -0.05) is 18.2 Å². The Balaban J connectivity index is 1.83. The predicted octanol–water partition coefficient (Wildman–Crippen LogP) is 2.66. The molecule has 1 atom stereocenters. The van der Waals surface area contributed by atoms with Crippen LogP contribution in [-0.4, -0.2) is 42.4 Å². The lowest BCUT2D eigenvalue weighted by atomic mass is 10.0. The normalized spacial score (nSPS) is 16.7. The van der Waals surface area contributed by atoms with Gasteiger partial charge in [-0.25, -0.2) is 13.4 Å². The summed E-state index contributed by atoms with van der Waals surface area (Å²) in [6.45, 7) is 0. The van der Waals surface area contributed by atoms with E-state index >= 15 is 0 Å². The molecule has 1 aliphatic rings. The van der Waals surface area contributed by atoms with Crippen LogP contribution < -0.4 is 4.72 Å². The molecule has 28 heavy (non-hydrogen) atoms. The van der Waals surface area contributed by atoms with E-state index in [-0.39, 0.29) is 24.8 Å². The summed E-state index contributed by atoms with van der Waals surface area (Å²) < 4.78 is 25.0. The van der Waals surface area contributed by atoms with E-state index in [0.717, 1.165) is 16.7 Å². The summed E-state index contributed by atoms with van der Waals surface area (Å²) in [7, 11) is -3.36. The average Bonchev–Trinajstić information content (AvgIpc) is 3.28. The molecule has 0 spiro atoms. The average molecular weight is 422 g/mol. The number of thiophene rings is 1. The number of sulfonamides is 1. The largest absolute Gasteiger partial charge is 0.481 e. The number of nitrogens with one attached hydrogen (secondary N) is 1. The summed E-state index contributed by atoms with van der Waals surface area (Å²) in [5, 5.41) is 16.6. The van der Waals surface area contributed by atoms with Crippen LogP contribution in [0.3, 0.4) is 0 Å². The zero-order valence-electron chi connectivity index (χ0n) is 15.0. The third kappa shape index (κ3) is 4.96. The lowest BCUT2D eigenvalue weighted by Crippen LogP contribution is -2.26. The number of hydrazone groups is 1. The number of hydrogen-bond acceptors (Lipinski definition) is 6. The van der Waals surface area contributed by atoms with E-state index in [9.17, 15) is 18.0 Å². The molecule has 1 aromatic heterocycles. The number of carboxylic acid groups (broad SMARTS) is 1. The van der Waals surface area contributed by atoms with Crippen LogP contribution in [0.1, 0.15) is 35.7 Å². The van der Waals surface area contributed by atoms with E-state index < -0.39 is 16.0 Å². The molecule has 2 heterocycles. The topological polar surface area (TPSA) is 116 Å². The number of anilines is 1. The molecule has 0 saturated carbocycles. The number of rotatable bonds is 7. The van der Waals surface area contributed by atoms with Gasteiger partial charge in [0.25, 0.3) is 0 Å². The molecule has 1 amide bonds. The van der Waals surface area contributed by atoms with Gasteiger partial charge >= 0.3 is 5.97 Å². The molecular weight excluding hydrogens is 402 g/mol. The number of nitrogens with zero attached hydrogens (tertiary/aromatic N) is 2. The fraction of sp³-hybridized carbons (Fsp3) is 0.278. The molecule has 148 valence electrons.